The maximum Gasteiger partial charge on any atom is 0.145 e. The van der Waals surface area contributed by atoms with Crippen molar-refractivity contribution in [1.29, 1.82) is 0 Å². The van der Waals surface area contributed by atoms with Gasteiger partial charge in [-0.2, -0.15) is 0 Å². The van der Waals surface area contributed by atoms with Gasteiger partial charge >= 0.3 is 0 Å². The van der Waals surface area contributed by atoms with Crippen molar-refractivity contribution >= 4 is 12.4 Å². The molecule has 0 bridgehead atoms. The summed E-state index contributed by atoms with van der Waals surface area (Å²) in [7, 11) is 1.96. The summed E-state index contributed by atoms with van der Waals surface area (Å²) in [5.74, 6) is 0. The van der Waals surface area contributed by atoms with E-state index in [0.29, 0.717) is 6.67 Å². The molecule has 0 N–H and O–H groups in total. The molecule has 1 heterocycles. The molecule has 1 aliphatic heterocycles. The third-order valence-electron chi connectivity index (χ3n) is 1.54. The second-order valence-electron chi connectivity index (χ2n) is 2.24. The van der Waals surface area contributed by atoms with Gasteiger partial charge in [0, 0.05) is 0 Å². The van der Waals surface area contributed by atoms with E-state index in [-0.39, 0.29) is 6.17 Å². The Balaban J connectivity index is 2.75. The second-order valence-corrected chi connectivity index (χ2v) is 2.24. The Hall–Kier alpha value is -0.960. The molecule has 54 valence electrons. The van der Waals surface area contributed by atoms with Crippen LogP contribution in [0.4, 0.5) is 0 Å². The smallest absolute Gasteiger partial charge is 0.145 e. The largest absolute Gasteiger partial charge is 0.275 e. The number of rotatable bonds is 2. The Morgan fingerprint density at radius 2 is 2.60 bits per heavy atom. The van der Waals surface area contributed by atoms with Crippen LogP contribution in [-0.4, -0.2) is 37.2 Å². The van der Waals surface area contributed by atoms with Gasteiger partial charge in [0.1, 0.15) is 6.17 Å². The van der Waals surface area contributed by atoms with Crippen LogP contribution in [0.5, 0.6) is 0 Å². The maximum atomic E-state index is 4.18. The summed E-state index contributed by atoms with van der Waals surface area (Å²) in [6.45, 7) is 7.80. The van der Waals surface area contributed by atoms with Gasteiger partial charge in [0.2, 0.25) is 0 Å². The average Bonchev–Trinajstić information content (AvgIpc) is 2.30. The monoisotopic (exact) mass is 137 g/mol. The minimum atomic E-state index is 0.0255. The summed E-state index contributed by atoms with van der Waals surface area (Å²) in [5, 5.41) is 0. The second kappa shape index (κ2) is 2.75. The molecule has 1 atom stereocenters. The molecule has 0 fully saturated rings. The Morgan fingerprint density at radius 1 is 1.90 bits per heavy atom. The lowest BCUT2D eigenvalue weighted by Gasteiger charge is -2.13. The zero-order chi connectivity index (χ0) is 7.56. The fourth-order valence-corrected chi connectivity index (χ4v) is 0.981. The van der Waals surface area contributed by atoms with Gasteiger partial charge in [-0.25, -0.2) is 0 Å². The highest BCUT2D eigenvalue weighted by Gasteiger charge is 2.21. The van der Waals surface area contributed by atoms with Crippen LogP contribution in [0.15, 0.2) is 22.6 Å². The van der Waals surface area contributed by atoms with Gasteiger partial charge < -0.3 is 0 Å². The number of hydrogen-bond donors (Lipinski definition) is 0. The van der Waals surface area contributed by atoms with Gasteiger partial charge in [-0.05, 0) is 19.8 Å². The van der Waals surface area contributed by atoms with Crippen LogP contribution in [0.3, 0.4) is 0 Å². The van der Waals surface area contributed by atoms with Crippen LogP contribution >= 0.6 is 0 Å². The third-order valence-corrected chi connectivity index (χ3v) is 1.54. The first-order valence-electron chi connectivity index (χ1n) is 3.12. The minimum absolute atomic E-state index is 0.0255. The van der Waals surface area contributed by atoms with Gasteiger partial charge in [0.05, 0.1) is 12.4 Å². The van der Waals surface area contributed by atoms with E-state index in [1.807, 2.05) is 11.9 Å². The molecule has 0 aromatic heterocycles. The van der Waals surface area contributed by atoms with E-state index in [9.17, 15) is 0 Å². The first-order valence-corrected chi connectivity index (χ1v) is 3.12. The lowest BCUT2D eigenvalue weighted by Crippen LogP contribution is -2.29. The normalized spacial score (nSPS) is 26.1. The van der Waals surface area contributed by atoms with Crippen molar-refractivity contribution < 1.29 is 0 Å². The van der Waals surface area contributed by atoms with Crippen LogP contribution in [0, 0.1) is 0 Å². The van der Waals surface area contributed by atoms with Crippen molar-refractivity contribution in [3.05, 3.63) is 12.7 Å². The zero-order valence-electron chi connectivity index (χ0n) is 6.12. The van der Waals surface area contributed by atoms with E-state index in [1.165, 1.54) is 0 Å². The quantitative estimate of drug-likeness (QED) is 0.510. The molecular formula is C7H11N3. The first kappa shape index (κ1) is 7.15. The maximum absolute atomic E-state index is 4.18. The standard InChI is InChI=1S/C7H11N3/c1-4-6-7(8-2)10(3)5-9-6/h4,7H,1-2,5H2,3H3. The molecule has 3 nitrogen and oxygen atoms in total. The van der Waals surface area contributed by atoms with Crippen LogP contribution in [-0.2, 0) is 0 Å². The summed E-state index contributed by atoms with van der Waals surface area (Å²) in [4.78, 5) is 10.1. The number of aliphatic imine (C=N–C) groups is 2. The van der Waals surface area contributed by atoms with Crippen molar-refractivity contribution in [2.75, 3.05) is 13.7 Å². The highest BCUT2D eigenvalue weighted by Crippen LogP contribution is 2.08. The number of nitrogens with zero attached hydrogens (tertiary/aromatic N) is 3. The topological polar surface area (TPSA) is 28.0 Å². The van der Waals surface area contributed by atoms with Gasteiger partial charge in [-0.15, -0.1) is 0 Å². The zero-order valence-corrected chi connectivity index (χ0v) is 6.12. The predicted octanol–water partition coefficient (Wildman–Crippen LogP) is 0.543. The summed E-state index contributed by atoms with van der Waals surface area (Å²) >= 11 is 0. The minimum Gasteiger partial charge on any atom is -0.275 e. The van der Waals surface area contributed by atoms with Crippen LogP contribution in [0.1, 0.15) is 0 Å². The Bertz CT molecular complexity index is 183. The van der Waals surface area contributed by atoms with Crippen molar-refractivity contribution in [3.63, 3.8) is 0 Å². The molecule has 0 aromatic rings. The third kappa shape index (κ3) is 0.998. The van der Waals surface area contributed by atoms with Crippen molar-refractivity contribution in [2.45, 2.75) is 6.17 Å². The van der Waals surface area contributed by atoms with Crippen molar-refractivity contribution in [3.8, 4) is 0 Å². The lowest BCUT2D eigenvalue weighted by molar-refractivity contribution is 0.342. The first-order chi connectivity index (χ1) is 4.79. The average molecular weight is 137 g/mol. The van der Waals surface area contributed by atoms with E-state index in [2.05, 4.69) is 23.3 Å². The molecule has 10 heavy (non-hydrogen) atoms. The molecule has 0 amide bonds. The highest BCUT2D eigenvalue weighted by atomic mass is 15.3. The molecule has 0 spiro atoms. The van der Waals surface area contributed by atoms with Crippen molar-refractivity contribution in [2.24, 2.45) is 9.98 Å². The molecule has 0 aliphatic carbocycles. The fourth-order valence-electron chi connectivity index (χ4n) is 0.981. The van der Waals surface area contributed by atoms with Crippen LogP contribution in [0.2, 0.25) is 0 Å². The van der Waals surface area contributed by atoms with Gasteiger partial charge in [-0.1, -0.05) is 6.58 Å². The van der Waals surface area contributed by atoms with Crippen molar-refractivity contribution in [1.82, 2.24) is 4.90 Å². The molecule has 0 aromatic carbocycles. The molecule has 1 unspecified atom stereocenters. The lowest BCUT2D eigenvalue weighted by atomic mass is 10.3. The summed E-state index contributed by atoms with van der Waals surface area (Å²) in [5.41, 5.74) is 0.914. The Labute approximate surface area is 60.8 Å². The Kier molecular flexibility index (Phi) is 1.97. The van der Waals surface area contributed by atoms with E-state index in [1.54, 1.807) is 6.08 Å². The molecule has 1 rings (SSSR count). The summed E-state index contributed by atoms with van der Waals surface area (Å²) in [6, 6.07) is 0. The molecule has 0 saturated carbocycles. The van der Waals surface area contributed by atoms with Gasteiger partial charge in [0.15, 0.2) is 0 Å². The number of hydrogen-bond acceptors (Lipinski definition) is 3. The van der Waals surface area contributed by atoms with Gasteiger partial charge in [-0.3, -0.25) is 14.9 Å². The summed E-state index contributed by atoms with van der Waals surface area (Å²) in [6.07, 6.45) is 1.75. The Morgan fingerprint density at radius 3 is 3.00 bits per heavy atom. The highest BCUT2D eigenvalue weighted by molar-refractivity contribution is 5.99. The van der Waals surface area contributed by atoms with E-state index in [4.69, 9.17) is 0 Å². The molecule has 3 heteroatoms. The summed E-state index contributed by atoms with van der Waals surface area (Å²) < 4.78 is 0. The SMILES string of the molecule is C=CC1=NCN(C)C1N=C. The van der Waals surface area contributed by atoms with E-state index >= 15 is 0 Å². The van der Waals surface area contributed by atoms with Crippen LogP contribution in [0.25, 0.3) is 0 Å². The molecular weight excluding hydrogens is 126 g/mol. The predicted molar refractivity (Wildman–Crippen MR) is 43.6 cm³/mol. The van der Waals surface area contributed by atoms with Crippen LogP contribution < -0.4 is 0 Å². The van der Waals surface area contributed by atoms with E-state index in [0.717, 1.165) is 5.71 Å². The van der Waals surface area contributed by atoms with Gasteiger partial charge in [0.25, 0.3) is 0 Å². The van der Waals surface area contributed by atoms with E-state index < -0.39 is 0 Å². The molecule has 0 saturated heterocycles. The molecule has 0 radical (unpaired) electrons. The fraction of sp³-hybridized carbons (Fsp3) is 0.429. The molecule has 1 aliphatic rings.